The van der Waals surface area contributed by atoms with Crippen LogP contribution in [-0.2, 0) is 21.2 Å². The van der Waals surface area contributed by atoms with E-state index < -0.39 is 27.7 Å². The quantitative estimate of drug-likeness (QED) is 0.844. The molecule has 5 nitrogen and oxygen atoms in total. The van der Waals surface area contributed by atoms with Crippen LogP contribution in [0.3, 0.4) is 0 Å². The van der Waals surface area contributed by atoms with E-state index in [1.54, 1.807) is 12.1 Å². The molecule has 0 aromatic heterocycles. The predicted molar refractivity (Wildman–Crippen MR) is 100 cm³/mol. The number of nitrogens with one attached hydrogen (secondary N) is 1. The van der Waals surface area contributed by atoms with Gasteiger partial charge in [0.15, 0.2) is 11.6 Å². The Morgan fingerprint density at radius 3 is 2.61 bits per heavy atom. The largest absolute Gasteiger partial charge is 0.326 e. The standard InChI is InChI=1S/C20H20F2N2O3S/c21-16-8-6-14(12-17(16)22)19-4-2-10-24(19)28(26,27)15-7-9-18-13(11-15)3-1-5-20(25)23-18/h6-9,11-12,19H,1-5,10H2,(H,23,25). The van der Waals surface area contributed by atoms with Gasteiger partial charge in [-0.2, -0.15) is 4.31 Å². The summed E-state index contributed by atoms with van der Waals surface area (Å²) in [5, 5.41) is 2.79. The summed E-state index contributed by atoms with van der Waals surface area (Å²) < 4.78 is 54.8. The number of rotatable bonds is 3. The lowest BCUT2D eigenvalue weighted by Gasteiger charge is -2.25. The zero-order chi connectivity index (χ0) is 19.9. The van der Waals surface area contributed by atoms with Crippen molar-refractivity contribution in [2.24, 2.45) is 0 Å². The van der Waals surface area contributed by atoms with Gasteiger partial charge >= 0.3 is 0 Å². The summed E-state index contributed by atoms with van der Waals surface area (Å²) >= 11 is 0. The van der Waals surface area contributed by atoms with Crippen LogP contribution in [0.15, 0.2) is 41.3 Å². The van der Waals surface area contributed by atoms with Crippen LogP contribution in [-0.4, -0.2) is 25.2 Å². The smallest absolute Gasteiger partial charge is 0.243 e. The summed E-state index contributed by atoms with van der Waals surface area (Å²) in [6.45, 7) is 0.319. The molecule has 1 amide bonds. The fourth-order valence-electron chi connectivity index (χ4n) is 3.93. The number of benzene rings is 2. The highest BCUT2D eigenvalue weighted by molar-refractivity contribution is 7.89. The first-order valence-electron chi connectivity index (χ1n) is 9.26. The van der Waals surface area contributed by atoms with Crippen LogP contribution in [0.1, 0.15) is 42.9 Å². The summed E-state index contributed by atoms with van der Waals surface area (Å²) in [5.41, 5.74) is 1.87. The Hall–Kier alpha value is -2.32. The van der Waals surface area contributed by atoms with E-state index in [1.807, 2.05) is 0 Å². The maximum Gasteiger partial charge on any atom is 0.243 e. The molecular weight excluding hydrogens is 386 g/mol. The number of hydrogen-bond donors (Lipinski definition) is 1. The summed E-state index contributed by atoms with van der Waals surface area (Å²) in [4.78, 5) is 11.8. The molecule has 2 aliphatic rings. The highest BCUT2D eigenvalue weighted by atomic mass is 32.2. The average Bonchev–Trinajstić information content (AvgIpc) is 3.08. The molecule has 2 heterocycles. The molecule has 0 radical (unpaired) electrons. The fourth-order valence-corrected chi connectivity index (χ4v) is 5.66. The Balaban J connectivity index is 1.68. The van der Waals surface area contributed by atoms with Crippen molar-refractivity contribution in [2.75, 3.05) is 11.9 Å². The Kier molecular flexibility index (Phi) is 4.93. The molecule has 0 spiro atoms. The van der Waals surface area contributed by atoms with Crippen LogP contribution in [0.25, 0.3) is 0 Å². The predicted octanol–water partition coefficient (Wildman–Crippen LogP) is 3.77. The van der Waals surface area contributed by atoms with Crippen LogP contribution in [0, 0.1) is 11.6 Å². The molecule has 2 aliphatic heterocycles. The summed E-state index contributed by atoms with van der Waals surface area (Å²) in [7, 11) is -3.81. The molecule has 1 atom stereocenters. The molecule has 28 heavy (non-hydrogen) atoms. The van der Waals surface area contributed by atoms with Gasteiger partial charge in [-0.3, -0.25) is 4.79 Å². The van der Waals surface area contributed by atoms with Gasteiger partial charge in [0.05, 0.1) is 10.9 Å². The van der Waals surface area contributed by atoms with Crippen molar-refractivity contribution in [2.45, 2.75) is 43.0 Å². The van der Waals surface area contributed by atoms with Crippen molar-refractivity contribution in [3.63, 3.8) is 0 Å². The molecule has 2 aromatic rings. The minimum atomic E-state index is -3.81. The third kappa shape index (κ3) is 3.42. The van der Waals surface area contributed by atoms with Gasteiger partial charge in [0.2, 0.25) is 15.9 Å². The van der Waals surface area contributed by atoms with Crippen molar-refractivity contribution < 1.29 is 22.0 Å². The monoisotopic (exact) mass is 406 g/mol. The number of sulfonamides is 1. The van der Waals surface area contributed by atoms with E-state index in [0.717, 1.165) is 17.7 Å². The number of aryl methyl sites for hydroxylation is 1. The van der Waals surface area contributed by atoms with Gasteiger partial charge in [-0.25, -0.2) is 17.2 Å². The molecule has 2 aromatic carbocycles. The highest BCUT2D eigenvalue weighted by Crippen LogP contribution is 2.38. The fraction of sp³-hybridized carbons (Fsp3) is 0.350. The zero-order valence-corrected chi connectivity index (χ0v) is 15.9. The van der Waals surface area contributed by atoms with E-state index in [9.17, 15) is 22.0 Å². The molecule has 1 N–H and O–H groups in total. The van der Waals surface area contributed by atoms with Gasteiger partial charge in [-0.15, -0.1) is 0 Å². The number of anilines is 1. The second kappa shape index (κ2) is 7.25. The minimum Gasteiger partial charge on any atom is -0.326 e. The first-order valence-corrected chi connectivity index (χ1v) is 10.7. The number of nitrogens with zero attached hydrogens (tertiary/aromatic N) is 1. The van der Waals surface area contributed by atoms with E-state index in [0.29, 0.717) is 49.9 Å². The number of hydrogen-bond acceptors (Lipinski definition) is 3. The topological polar surface area (TPSA) is 66.5 Å². The Morgan fingerprint density at radius 1 is 1.00 bits per heavy atom. The molecule has 8 heteroatoms. The maximum absolute atomic E-state index is 13.7. The summed E-state index contributed by atoms with van der Waals surface area (Å²) in [6, 6.07) is 7.72. The molecule has 4 rings (SSSR count). The van der Waals surface area contributed by atoms with Crippen molar-refractivity contribution in [3.05, 3.63) is 59.2 Å². The van der Waals surface area contributed by atoms with Crippen LogP contribution < -0.4 is 5.32 Å². The van der Waals surface area contributed by atoms with E-state index in [2.05, 4.69) is 5.32 Å². The van der Waals surface area contributed by atoms with Crippen molar-refractivity contribution in [3.8, 4) is 0 Å². The zero-order valence-electron chi connectivity index (χ0n) is 15.1. The van der Waals surface area contributed by atoms with Crippen LogP contribution >= 0.6 is 0 Å². The second-order valence-electron chi connectivity index (χ2n) is 7.17. The molecule has 1 fully saturated rings. The molecule has 0 aliphatic carbocycles. The highest BCUT2D eigenvalue weighted by Gasteiger charge is 2.36. The molecule has 1 unspecified atom stereocenters. The van der Waals surface area contributed by atoms with Crippen LogP contribution in [0.5, 0.6) is 0 Å². The van der Waals surface area contributed by atoms with E-state index in [-0.39, 0.29) is 10.8 Å². The van der Waals surface area contributed by atoms with Gasteiger partial charge in [-0.1, -0.05) is 6.07 Å². The molecule has 148 valence electrons. The first-order chi connectivity index (χ1) is 13.4. The Bertz CT molecular complexity index is 1040. The number of amides is 1. The molecule has 0 saturated carbocycles. The average molecular weight is 406 g/mol. The molecular formula is C20H20F2N2O3S. The van der Waals surface area contributed by atoms with Gasteiger partial charge in [0.25, 0.3) is 0 Å². The Morgan fingerprint density at radius 2 is 1.82 bits per heavy atom. The maximum atomic E-state index is 13.7. The van der Waals surface area contributed by atoms with Crippen molar-refractivity contribution in [1.82, 2.24) is 4.31 Å². The third-order valence-corrected chi connectivity index (χ3v) is 7.24. The number of fused-ring (bicyclic) bond motifs is 1. The van der Waals surface area contributed by atoms with Gasteiger partial charge in [0.1, 0.15) is 0 Å². The minimum absolute atomic E-state index is 0.0766. The number of carbonyl (C=O) groups excluding carboxylic acids is 1. The lowest BCUT2D eigenvalue weighted by Crippen LogP contribution is -2.31. The van der Waals surface area contributed by atoms with Crippen molar-refractivity contribution >= 4 is 21.6 Å². The SMILES string of the molecule is O=C1CCCc2cc(S(=O)(=O)N3CCCC3c3ccc(F)c(F)c3)ccc2N1. The van der Waals surface area contributed by atoms with E-state index in [1.165, 1.54) is 16.4 Å². The number of halogens is 2. The van der Waals surface area contributed by atoms with Crippen LogP contribution in [0.4, 0.5) is 14.5 Å². The lowest BCUT2D eigenvalue weighted by atomic mass is 10.1. The summed E-state index contributed by atoms with van der Waals surface area (Å²) in [5.74, 6) is -2.02. The van der Waals surface area contributed by atoms with Gasteiger partial charge in [0, 0.05) is 18.7 Å². The third-order valence-electron chi connectivity index (χ3n) is 5.34. The lowest BCUT2D eigenvalue weighted by molar-refractivity contribution is -0.116. The van der Waals surface area contributed by atoms with Gasteiger partial charge < -0.3 is 5.32 Å². The van der Waals surface area contributed by atoms with Gasteiger partial charge in [-0.05, 0) is 67.1 Å². The van der Waals surface area contributed by atoms with Crippen molar-refractivity contribution in [1.29, 1.82) is 0 Å². The molecule has 1 saturated heterocycles. The number of carbonyl (C=O) groups is 1. The first kappa shape index (κ1) is 19.0. The van der Waals surface area contributed by atoms with Crippen LogP contribution in [0.2, 0.25) is 0 Å². The second-order valence-corrected chi connectivity index (χ2v) is 9.06. The van der Waals surface area contributed by atoms with E-state index >= 15 is 0 Å². The molecule has 0 bridgehead atoms. The Labute approximate surface area is 162 Å². The van der Waals surface area contributed by atoms with E-state index in [4.69, 9.17) is 0 Å². The normalized spacial score (nSPS) is 20.5. The summed E-state index contributed by atoms with van der Waals surface area (Å²) in [6.07, 6.45) is 2.86.